The number of rotatable bonds is 3. The van der Waals surface area contributed by atoms with E-state index in [2.05, 4.69) is 20.7 Å². The van der Waals surface area contributed by atoms with Crippen molar-refractivity contribution in [1.82, 2.24) is 0 Å². The third-order valence-electron chi connectivity index (χ3n) is 2.20. The van der Waals surface area contributed by atoms with Crippen LogP contribution in [0.1, 0.15) is 5.56 Å². The summed E-state index contributed by atoms with van der Waals surface area (Å²) in [5.41, 5.74) is 1.54. The van der Waals surface area contributed by atoms with E-state index in [0.29, 0.717) is 9.90 Å². The Labute approximate surface area is 113 Å². The molecule has 1 heterocycles. The van der Waals surface area contributed by atoms with Crippen LogP contribution in [0.5, 0.6) is 0 Å². The summed E-state index contributed by atoms with van der Waals surface area (Å²) in [6.07, 6.45) is 0. The van der Waals surface area contributed by atoms with Crippen molar-refractivity contribution in [2.75, 3.05) is 4.72 Å². The molecule has 1 aromatic carbocycles. The molecule has 0 aliphatic heterocycles. The molecule has 0 fully saturated rings. The molecular formula is C11H10BrNO2S2. The van der Waals surface area contributed by atoms with E-state index in [1.807, 2.05) is 19.1 Å². The standard InChI is InChI=1S/C11H10BrNO2S2/c1-8-4-2-5-9(11(8)12)13-17(14,15)10-6-3-7-16-10/h2-7,13H,1H3. The average molecular weight is 332 g/mol. The molecule has 1 aromatic heterocycles. The van der Waals surface area contributed by atoms with Crippen LogP contribution in [0.4, 0.5) is 5.69 Å². The van der Waals surface area contributed by atoms with Crippen molar-refractivity contribution < 1.29 is 8.42 Å². The second-order valence-corrected chi connectivity index (χ2v) is 7.12. The Morgan fingerprint density at radius 3 is 2.65 bits per heavy atom. The quantitative estimate of drug-likeness (QED) is 0.933. The van der Waals surface area contributed by atoms with E-state index in [0.717, 1.165) is 10.0 Å². The van der Waals surface area contributed by atoms with Gasteiger partial charge in [0.25, 0.3) is 10.0 Å². The third-order valence-corrected chi connectivity index (χ3v) is 6.01. The van der Waals surface area contributed by atoms with E-state index in [-0.39, 0.29) is 0 Å². The molecule has 90 valence electrons. The molecule has 0 spiro atoms. The monoisotopic (exact) mass is 331 g/mol. The molecular weight excluding hydrogens is 322 g/mol. The largest absolute Gasteiger partial charge is 0.278 e. The Morgan fingerprint density at radius 1 is 1.24 bits per heavy atom. The van der Waals surface area contributed by atoms with E-state index in [1.54, 1.807) is 23.6 Å². The Balaban J connectivity index is 2.37. The zero-order valence-corrected chi connectivity index (χ0v) is 12.2. The zero-order chi connectivity index (χ0) is 12.5. The SMILES string of the molecule is Cc1cccc(NS(=O)(=O)c2cccs2)c1Br. The molecule has 17 heavy (non-hydrogen) atoms. The van der Waals surface area contributed by atoms with Gasteiger partial charge in [0.2, 0.25) is 0 Å². The van der Waals surface area contributed by atoms with Crippen molar-refractivity contribution in [3.05, 3.63) is 45.7 Å². The van der Waals surface area contributed by atoms with Gasteiger partial charge in [0.05, 0.1) is 5.69 Å². The van der Waals surface area contributed by atoms with Gasteiger partial charge >= 0.3 is 0 Å². The molecule has 0 amide bonds. The number of hydrogen-bond acceptors (Lipinski definition) is 3. The second-order valence-electron chi connectivity index (χ2n) is 3.47. The predicted octanol–water partition coefficient (Wildman–Crippen LogP) is 3.62. The summed E-state index contributed by atoms with van der Waals surface area (Å²) in [5.74, 6) is 0. The lowest BCUT2D eigenvalue weighted by atomic mass is 10.2. The zero-order valence-electron chi connectivity index (χ0n) is 8.98. The molecule has 1 N–H and O–H groups in total. The predicted molar refractivity (Wildman–Crippen MR) is 74.0 cm³/mol. The number of thiophene rings is 1. The summed E-state index contributed by atoms with van der Waals surface area (Å²) in [5, 5.41) is 1.74. The lowest BCUT2D eigenvalue weighted by Crippen LogP contribution is -2.12. The molecule has 0 radical (unpaired) electrons. The maximum Gasteiger partial charge on any atom is 0.271 e. The van der Waals surface area contributed by atoms with Crippen LogP contribution < -0.4 is 4.72 Å². The van der Waals surface area contributed by atoms with Crippen LogP contribution in [0.2, 0.25) is 0 Å². The van der Waals surface area contributed by atoms with E-state index in [1.165, 1.54) is 11.3 Å². The molecule has 2 rings (SSSR count). The Kier molecular flexibility index (Phi) is 3.56. The highest BCUT2D eigenvalue weighted by atomic mass is 79.9. The van der Waals surface area contributed by atoms with Crippen LogP contribution in [0, 0.1) is 6.92 Å². The average Bonchev–Trinajstić information content (AvgIpc) is 2.78. The minimum Gasteiger partial charge on any atom is -0.278 e. The molecule has 2 aromatic rings. The van der Waals surface area contributed by atoms with Gasteiger partial charge in [-0.1, -0.05) is 18.2 Å². The highest BCUT2D eigenvalue weighted by Gasteiger charge is 2.16. The molecule has 0 bridgehead atoms. The number of aryl methyl sites for hydroxylation is 1. The molecule has 0 atom stereocenters. The van der Waals surface area contributed by atoms with Gasteiger partial charge in [0.1, 0.15) is 4.21 Å². The molecule has 0 unspecified atom stereocenters. The summed E-state index contributed by atoms with van der Waals surface area (Å²) in [6, 6.07) is 8.74. The van der Waals surface area contributed by atoms with Crippen molar-refractivity contribution in [2.45, 2.75) is 11.1 Å². The molecule has 3 nitrogen and oxygen atoms in total. The van der Waals surface area contributed by atoms with Crippen LogP contribution in [0.25, 0.3) is 0 Å². The maximum atomic E-state index is 12.0. The molecule has 0 aliphatic carbocycles. The normalized spacial score (nSPS) is 11.4. The van der Waals surface area contributed by atoms with Crippen LogP contribution >= 0.6 is 27.3 Å². The number of sulfonamides is 1. The fourth-order valence-corrected chi connectivity index (χ4v) is 3.90. The molecule has 6 heteroatoms. The van der Waals surface area contributed by atoms with Gasteiger partial charge < -0.3 is 0 Å². The first-order valence-electron chi connectivity index (χ1n) is 4.82. The molecule has 0 saturated carbocycles. The number of nitrogens with one attached hydrogen (secondary N) is 1. The van der Waals surface area contributed by atoms with E-state index >= 15 is 0 Å². The van der Waals surface area contributed by atoms with Crippen molar-refractivity contribution in [3.8, 4) is 0 Å². The van der Waals surface area contributed by atoms with Crippen LogP contribution in [-0.2, 0) is 10.0 Å². The summed E-state index contributed by atoms with van der Waals surface area (Å²) >= 11 is 4.57. The summed E-state index contributed by atoms with van der Waals surface area (Å²) in [7, 11) is -3.47. The van der Waals surface area contributed by atoms with Crippen molar-refractivity contribution >= 4 is 43.0 Å². The second kappa shape index (κ2) is 4.80. The van der Waals surface area contributed by atoms with Crippen LogP contribution in [0.15, 0.2) is 44.4 Å². The van der Waals surface area contributed by atoms with Gasteiger partial charge in [-0.05, 0) is 45.9 Å². The minimum absolute atomic E-state index is 0.311. The number of anilines is 1. The minimum atomic E-state index is -3.47. The first-order chi connectivity index (χ1) is 8.00. The highest BCUT2D eigenvalue weighted by molar-refractivity contribution is 9.10. The fraction of sp³-hybridized carbons (Fsp3) is 0.0909. The van der Waals surface area contributed by atoms with Crippen molar-refractivity contribution in [2.24, 2.45) is 0 Å². The van der Waals surface area contributed by atoms with Crippen molar-refractivity contribution in [3.63, 3.8) is 0 Å². The van der Waals surface area contributed by atoms with E-state index in [9.17, 15) is 8.42 Å². The van der Waals surface area contributed by atoms with Gasteiger partial charge in [-0.2, -0.15) is 0 Å². The smallest absolute Gasteiger partial charge is 0.271 e. The number of hydrogen-bond donors (Lipinski definition) is 1. The van der Waals surface area contributed by atoms with Crippen molar-refractivity contribution in [1.29, 1.82) is 0 Å². The first kappa shape index (κ1) is 12.6. The highest BCUT2D eigenvalue weighted by Crippen LogP contribution is 2.28. The van der Waals surface area contributed by atoms with Gasteiger partial charge in [-0.15, -0.1) is 11.3 Å². The molecule has 0 saturated heterocycles. The van der Waals surface area contributed by atoms with Crippen LogP contribution in [-0.4, -0.2) is 8.42 Å². The lowest BCUT2D eigenvalue weighted by molar-refractivity contribution is 0.603. The summed E-state index contributed by atoms with van der Waals surface area (Å²) < 4.78 is 27.6. The maximum absolute atomic E-state index is 12.0. The first-order valence-corrected chi connectivity index (χ1v) is 7.98. The van der Waals surface area contributed by atoms with E-state index in [4.69, 9.17) is 0 Å². The Bertz CT molecular complexity index is 621. The van der Waals surface area contributed by atoms with Crippen LogP contribution in [0.3, 0.4) is 0 Å². The third kappa shape index (κ3) is 2.70. The molecule has 0 aliphatic rings. The lowest BCUT2D eigenvalue weighted by Gasteiger charge is -2.09. The summed E-state index contributed by atoms with van der Waals surface area (Å²) in [4.78, 5) is 0. The van der Waals surface area contributed by atoms with Gasteiger partial charge in [-0.3, -0.25) is 4.72 Å². The van der Waals surface area contributed by atoms with E-state index < -0.39 is 10.0 Å². The van der Waals surface area contributed by atoms with Gasteiger partial charge in [0, 0.05) is 4.47 Å². The van der Waals surface area contributed by atoms with Gasteiger partial charge in [-0.25, -0.2) is 8.42 Å². The number of benzene rings is 1. The Morgan fingerprint density at radius 2 is 2.00 bits per heavy atom. The number of halogens is 1. The topological polar surface area (TPSA) is 46.2 Å². The fourth-order valence-electron chi connectivity index (χ4n) is 1.34. The van der Waals surface area contributed by atoms with Gasteiger partial charge in [0.15, 0.2) is 0 Å². The summed E-state index contributed by atoms with van der Waals surface area (Å²) in [6.45, 7) is 1.91. The Hall–Kier alpha value is -0.850.